The van der Waals surface area contributed by atoms with Gasteiger partial charge in [-0.3, -0.25) is 4.79 Å². The number of benzene rings is 2. The molecular formula is C20H22N4O4S. The summed E-state index contributed by atoms with van der Waals surface area (Å²) in [5.74, 6) is -0.816. The van der Waals surface area contributed by atoms with E-state index >= 15 is 0 Å². The fourth-order valence-corrected chi connectivity index (χ4v) is 3.74. The van der Waals surface area contributed by atoms with E-state index in [-0.39, 0.29) is 5.95 Å². The standard InChI is InChI=1S/C20H22N4O4S/c1-14-10-11-17-16(12-14)19(15-8-6-5-7-9-15)22-20(21-17)24(13-18(25)28-4)29(26,27)23(2)3/h5-12H,13H2,1-4H3. The lowest BCUT2D eigenvalue weighted by Gasteiger charge is -2.25. The number of aryl methyl sites for hydroxylation is 1. The summed E-state index contributed by atoms with van der Waals surface area (Å²) in [6, 6.07) is 15.1. The third kappa shape index (κ3) is 4.20. The number of esters is 1. The molecule has 0 saturated carbocycles. The van der Waals surface area contributed by atoms with Crippen LogP contribution in [0.1, 0.15) is 5.56 Å². The number of aromatic nitrogens is 2. The van der Waals surface area contributed by atoms with Gasteiger partial charge in [-0.25, -0.2) is 14.3 Å². The van der Waals surface area contributed by atoms with Gasteiger partial charge in [0.15, 0.2) is 0 Å². The number of anilines is 1. The van der Waals surface area contributed by atoms with Crippen LogP contribution in [0.3, 0.4) is 0 Å². The van der Waals surface area contributed by atoms with Crippen molar-refractivity contribution in [2.24, 2.45) is 0 Å². The van der Waals surface area contributed by atoms with Crippen LogP contribution in [-0.2, 0) is 19.7 Å². The minimum absolute atomic E-state index is 0.0979. The van der Waals surface area contributed by atoms with Crippen LogP contribution in [0, 0.1) is 6.92 Å². The average Bonchev–Trinajstić information content (AvgIpc) is 2.71. The molecule has 9 heteroatoms. The smallest absolute Gasteiger partial charge is 0.326 e. The van der Waals surface area contributed by atoms with E-state index in [1.54, 1.807) is 6.07 Å². The van der Waals surface area contributed by atoms with Crippen LogP contribution in [-0.4, -0.2) is 56.4 Å². The molecule has 0 aliphatic rings. The van der Waals surface area contributed by atoms with Crippen LogP contribution >= 0.6 is 0 Å². The van der Waals surface area contributed by atoms with Gasteiger partial charge in [0.2, 0.25) is 5.95 Å². The first-order chi connectivity index (χ1) is 13.7. The summed E-state index contributed by atoms with van der Waals surface area (Å²) in [7, 11) is -0.0813. The quantitative estimate of drug-likeness (QED) is 0.575. The summed E-state index contributed by atoms with van der Waals surface area (Å²) in [5, 5.41) is 0.792. The van der Waals surface area contributed by atoms with E-state index in [4.69, 9.17) is 0 Å². The van der Waals surface area contributed by atoms with Crippen LogP contribution in [0.25, 0.3) is 22.2 Å². The van der Waals surface area contributed by atoms with Crippen LogP contribution in [0.5, 0.6) is 0 Å². The van der Waals surface area contributed by atoms with E-state index in [9.17, 15) is 13.2 Å². The summed E-state index contributed by atoms with van der Waals surface area (Å²) < 4.78 is 32.3. The van der Waals surface area contributed by atoms with Crippen molar-refractivity contribution in [1.82, 2.24) is 14.3 Å². The van der Waals surface area contributed by atoms with Crippen LogP contribution in [0.2, 0.25) is 0 Å². The lowest BCUT2D eigenvalue weighted by atomic mass is 10.0. The van der Waals surface area contributed by atoms with E-state index in [1.807, 2.05) is 49.4 Å². The monoisotopic (exact) mass is 414 g/mol. The third-order valence-electron chi connectivity index (χ3n) is 4.35. The molecule has 3 rings (SSSR count). The maximum atomic E-state index is 12.9. The van der Waals surface area contributed by atoms with Gasteiger partial charge in [0, 0.05) is 25.0 Å². The van der Waals surface area contributed by atoms with Gasteiger partial charge in [0.1, 0.15) is 6.54 Å². The molecule has 0 unspecified atom stereocenters. The van der Waals surface area contributed by atoms with Crippen molar-refractivity contribution in [2.75, 3.05) is 32.1 Å². The topological polar surface area (TPSA) is 92.7 Å². The molecule has 1 heterocycles. The highest BCUT2D eigenvalue weighted by atomic mass is 32.2. The molecule has 152 valence electrons. The number of ether oxygens (including phenoxy) is 1. The number of carbonyl (C=O) groups excluding carboxylic acids is 1. The third-order valence-corrected chi connectivity index (χ3v) is 6.12. The normalized spacial score (nSPS) is 11.6. The van der Waals surface area contributed by atoms with Crippen LogP contribution in [0.15, 0.2) is 48.5 Å². The molecule has 0 fully saturated rings. The van der Waals surface area contributed by atoms with Crippen LogP contribution in [0.4, 0.5) is 5.95 Å². The maximum Gasteiger partial charge on any atom is 0.326 e. The molecule has 0 bridgehead atoms. The van der Waals surface area contributed by atoms with Gasteiger partial charge < -0.3 is 4.74 Å². The maximum absolute atomic E-state index is 12.9. The Hall–Kier alpha value is -3.04. The van der Waals surface area contributed by atoms with Gasteiger partial charge in [0.25, 0.3) is 0 Å². The zero-order chi connectivity index (χ0) is 21.2. The fraction of sp³-hybridized carbons (Fsp3) is 0.250. The van der Waals surface area contributed by atoms with Crippen molar-refractivity contribution < 1.29 is 17.9 Å². The lowest BCUT2D eigenvalue weighted by Crippen LogP contribution is -2.44. The highest BCUT2D eigenvalue weighted by Crippen LogP contribution is 2.30. The number of fused-ring (bicyclic) bond motifs is 1. The molecule has 0 saturated heterocycles. The number of hydrogen-bond acceptors (Lipinski definition) is 6. The van der Waals surface area contributed by atoms with Crippen molar-refractivity contribution >= 4 is 33.0 Å². The van der Waals surface area contributed by atoms with Crippen molar-refractivity contribution in [1.29, 1.82) is 0 Å². The fourth-order valence-electron chi connectivity index (χ4n) is 2.79. The second-order valence-electron chi connectivity index (χ2n) is 6.63. The first-order valence-corrected chi connectivity index (χ1v) is 10.2. The molecule has 0 atom stereocenters. The van der Waals surface area contributed by atoms with Gasteiger partial charge in [-0.05, 0) is 19.1 Å². The van der Waals surface area contributed by atoms with Crippen molar-refractivity contribution in [3.63, 3.8) is 0 Å². The Morgan fingerprint density at radius 3 is 2.38 bits per heavy atom. The van der Waals surface area contributed by atoms with Crippen molar-refractivity contribution in [3.05, 3.63) is 54.1 Å². The first kappa shape index (κ1) is 20.7. The summed E-state index contributed by atoms with van der Waals surface area (Å²) >= 11 is 0. The van der Waals surface area contributed by atoms with E-state index in [1.165, 1.54) is 21.2 Å². The molecule has 2 aromatic carbocycles. The van der Waals surface area contributed by atoms with Gasteiger partial charge in [-0.15, -0.1) is 0 Å². The Balaban J connectivity index is 2.29. The SMILES string of the molecule is COC(=O)CN(c1nc(-c2ccccc2)c2cc(C)ccc2n1)S(=O)(=O)N(C)C. The molecule has 0 aliphatic carbocycles. The van der Waals surface area contributed by atoms with E-state index in [0.717, 1.165) is 25.1 Å². The molecule has 8 nitrogen and oxygen atoms in total. The summed E-state index contributed by atoms with van der Waals surface area (Å²) in [5.41, 5.74) is 2.99. The Morgan fingerprint density at radius 1 is 1.07 bits per heavy atom. The molecule has 1 aromatic heterocycles. The molecule has 29 heavy (non-hydrogen) atoms. The zero-order valence-electron chi connectivity index (χ0n) is 16.7. The van der Waals surface area contributed by atoms with E-state index < -0.39 is 22.7 Å². The zero-order valence-corrected chi connectivity index (χ0v) is 17.5. The highest BCUT2D eigenvalue weighted by molar-refractivity contribution is 7.90. The Morgan fingerprint density at radius 2 is 1.76 bits per heavy atom. The number of nitrogens with zero attached hydrogens (tertiary/aromatic N) is 4. The minimum atomic E-state index is -4.03. The second-order valence-corrected chi connectivity index (χ2v) is 8.70. The van der Waals surface area contributed by atoms with Crippen molar-refractivity contribution in [3.8, 4) is 11.3 Å². The largest absolute Gasteiger partial charge is 0.468 e. The van der Waals surface area contributed by atoms with Gasteiger partial charge >= 0.3 is 16.2 Å². The number of methoxy groups -OCH3 is 1. The lowest BCUT2D eigenvalue weighted by molar-refractivity contribution is -0.138. The number of rotatable bonds is 6. The first-order valence-electron chi connectivity index (χ1n) is 8.85. The predicted molar refractivity (Wildman–Crippen MR) is 112 cm³/mol. The summed E-state index contributed by atoms with van der Waals surface area (Å²) in [4.78, 5) is 20.9. The molecule has 0 amide bonds. The Labute approximate surface area is 169 Å². The minimum Gasteiger partial charge on any atom is -0.468 e. The molecule has 0 N–H and O–H groups in total. The Bertz CT molecular complexity index is 1150. The van der Waals surface area contributed by atoms with Gasteiger partial charge in [0.05, 0.1) is 18.3 Å². The number of hydrogen-bond donors (Lipinski definition) is 0. The summed E-state index contributed by atoms with van der Waals surface area (Å²) in [6.45, 7) is 1.42. The molecular weight excluding hydrogens is 392 g/mol. The molecule has 0 aliphatic heterocycles. The van der Waals surface area contributed by atoms with E-state index in [0.29, 0.717) is 11.2 Å². The van der Waals surface area contributed by atoms with E-state index in [2.05, 4.69) is 14.7 Å². The number of carbonyl (C=O) groups is 1. The molecule has 0 spiro atoms. The average molecular weight is 414 g/mol. The summed E-state index contributed by atoms with van der Waals surface area (Å²) in [6.07, 6.45) is 0. The van der Waals surface area contributed by atoms with Gasteiger partial charge in [-0.1, -0.05) is 42.0 Å². The highest BCUT2D eigenvalue weighted by Gasteiger charge is 2.30. The van der Waals surface area contributed by atoms with Crippen molar-refractivity contribution in [2.45, 2.75) is 6.92 Å². The van der Waals surface area contributed by atoms with Crippen LogP contribution < -0.4 is 4.31 Å². The predicted octanol–water partition coefficient (Wildman–Crippen LogP) is 2.39. The second kappa shape index (κ2) is 8.14. The Kier molecular flexibility index (Phi) is 5.81. The molecule has 0 radical (unpaired) electrons. The molecule has 3 aromatic rings. The van der Waals surface area contributed by atoms with Gasteiger partial charge in [-0.2, -0.15) is 12.7 Å².